The third-order valence-corrected chi connectivity index (χ3v) is 5.42. The number of rotatable bonds is 2. The Hall–Kier alpha value is -1.03. The van der Waals surface area contributed by atoms with Crippen molar-refractivity contribution in [1.29, 1.82) is 0 Å². The van der Waals surface area contributed by atoms with Gasteiger partial charge in [-0.1, -0.05) is 13.8 Å². The van der Waals surface area contributed by atoms with Crippen LogP contribution in [0.15, 0.2) is 0 Å². The molecule has 2 atom stereocenters. The zero-order chi connectivity index (χ0) is 12.9. The second-order valence-electron chi connectivity index (χ2n) is 5.73. The van der Waals surface area contributed by atoms with Gasteiger partial charge in [-0.05, 0) is 43.1 Å². The first-order valence-electron chi connectivity index (χ1n) is 6.79. The molecule has 98 valence electrons. The highest BCUT2D eigenvalue weighted by Crippen LogP contribution is 2.44. The molecule has 3 rings (SSSR count). The molecule has 0 bridgehead atoms. The van der Waals surface area contributed by atoms with E-state index in [0.29, 0.717) is 22.9 Å². The lowest BCUT2D eigenvalue weighted by atomic mass is 9.79. The topological polar surface area (TPSA) is 55.1 Å². The number of nitrogens with two attached hydrogens (primary N) is 1. The van der Waals surface area contributed by atoms with Crippen molar-refractivity contribution in [3.05, 3.63) is 16.0 Å². The quantitative estimate of drug-likeness (QED) is 0.863. The number of hydrogen-bond acceptors (Lipinski definition) is 3. The van der Waals surface area contributed by atoms with E-state index in [0.717, 1.165) is 24.8 Å². The van der Waals surface area contributed by atoms with Crippen molar-refractivity contribution in [1.82, 2.24) is 5.32 Å². The first-order valence-corrected chi connectivity index (χ1v) is 7.61. The Balaban J connectivity index is 1.97. The number of hydrogen-bond donors (Lipinski definition) is 2. The Morgan fingerprint density at radius 3 is 2.72 bits per heavy atom. The first-order chi connectivity index (χ1) is 8.58. The van der Waals surface area contributed by atoms with Crippen LogP contribution in [0.1, 0.15) is 59.8 Å². The molecule has 0 radical (unpaired) electrons. The molecule has 1 fully saturated rings. The minimum Gasteiger partial charge on any atom is -0.390 e. The van der Waals surface area contributed by atoms with E-state index >= 15 is 0 Å². The van der Waals surface area contributed by atoms with E-state index in [2.05, 4.69) is 19.2 Å². The Morgan fingerprint density at radius 2 is 2.06 bits per heavy atom. The molecular formula is C14H20N2OS. The van der Waals surface area contributed by atoms with Crippen LogP contribution in [0.25, 0.3) is 0 Å². The van der Waals surface area contributed by atoms with Gasteiger partial charge < -0.3 is 11.1 Å². The van der Waals surface area contributed by atoms with Crippen LogP contribution < -0.4 is 11.1 Å². The summed E-state index contributed by atoms with van der Waals surface area (Å²) in [6.45, 7) is 4.49. The molecule has 0 spiro atoms. The minimum absolute atomic E-state index is 0.0495. The molecule has 2 aliphatic rings. The number of aryl methyl sites for hydroxylation is 1. The molecule has 3 nitrogen and oxygen atoms in total. The fourth-order valence-electron chi connectivity index (χ4n) is 2.79. The van der Waals surface area contributed by atoms with Gasteiger partial charge in [0.2, 0.25) is 0 Å². The van der Waals surface area contributed by atoms with Crippen LogP contribution in [0.5, 0.6) is 0 Å². The fourth-order valence-corrected chi connectivity index (χ4v) is 3.98. The molecule has 2 aliphatic carbocycles. The Morgan fingerprint density at radius 1 is 1.33 bits per heavy atom. The molecule has 1 saturated carbocycles. The number of fused-ring (bicyclic) bond motifs is 1. The van der Waals surface area contributed by atoms with Crippen molar-refractivity contribution in [3.63, 3.8) is 0 Å². The number of anilines is 1. The van der Waals surface area contributed by atoms with Gasteiger partial charge in [0.1, 0.15) is 0 Å². The Kier molecular flexibility index (Phi) is 2.85. The first kappa shape index (κ1) is 12.0. The minimum atomic E-state index is 0.0495. The van der Waals surface area contributed by atoms with Gasteiger partial charge in [-0.15, -0.1) is 11.3 Å². The second kappa shape index (κ2) is 4.26. The zero-order valence-corrected chi connectivity index (χ0v) is 11.8. The maximum absolute atomic E-state index is 12.3. The van der Waals surface area contributed by atoms with Gasteiger partial charge in [0, 0.05) is 10.9 Å². The van der Waals surface area contributed by atoms with Gasteiger partial charge >= 0.3 is 0 Å². The van der Waals surface area contributed by atoms with E-state index in [1.807, 2.05) is 0 Å². The van der Waals surface area contributed by atoms with Crippen LogP contribution in [-0.4, -0.2) is 11.9 Å². The van der Waals surface area contributed by atoms with Gasteiger partial charge in [-0.25, -0.2) is 0 Å². The molecule has 0 aromatic carbocycles. The van der Waals surface area contributed by atoms with E-state index in [1.165, 1.54) is 16.9 Å². The number of carbonyl (C=O) groups is 1. The van der Waals surface area contributed by atoms with E-state index in [4.69, 9.17) is 5.73 Å². The van der Waals surface area contributed by atoms with Crippen molar-refractivity contribution in [2.45, 2.75) is 51.5 Å². The third-order valence-electron chi connectivity index (χ3n) is 4.32. The summed E-state index contributed by atoms with van der Waals surface area (Å²) in [5.74, 6) is 1.13. The Labute approximate surface area is 112 Å². The van der Waals surface area contributed by atoms with Crippen molar-refractivity contribution >= 4 is 22.2 Å². The SMILES string of the molecule is CC1CCc2sc(N)c(C(=O)NC3CC3)c2C1C. The molecule has 1 amide bonds. The molecule has 4 heteroatoms. The largest absolute Gasteiger partial charge is 0.390 e. The Bertz CT molecular complexity index is 490. The molecule has 0 saturated heterocycles. The van der Waals surface area contributed by atoms with Crippen LogP contribution in [0.3, 0.4) is 0 Å². The van der Waals surface area contributed by atoms with Gasteiger partial charge in [0.15, 0.2) is 0 Å². The van der Waals surface area contributed by atoms with Crippen molar-refractivity contribution in [3.8, 4) is 0 Å². The number of thiophene rings is 1. The van der Waals surface area contributed by atoms with Crippen molar-refractivity contribution < 1.29 is 4.79 Å². The normalized spacial score (nSPS) is 26.8. The van der Waals surface area contributed by atoms with E-state index in [9.17, 15) is 4.79 Å². The highest BCUT2D eigenvalue weighted by Gasteiger charge is 2.33. The highest BCUT2D eigenvalue weighted by molar-refractivity contribution is 7.16. The standard InChI is InChI=1S/C14H20N2OS/c1-7-3-6-10-11(8(7)2)12(13(15)18-10)14(17)16-9-4-5-9/h7-9H,3-6,15H2,1-2H3,(H,16,17). The van der Waals surface area contributed by atoms with Crippen molar-refractivity contribution in [2.24, 2.45) is 5.92 Å². The summed E-state index contributed by atoms with van der Waals surface area (Å²) >= 11 is 1.62. The summed E-state index contributed by atoms with van der Waals surface area (Å²) in [4.78, 5) is 13.6. The number of carbonyl (C=O) groups excluding carboxylic acids is 1. The molecule has 3 N–H and O–H groups in total. The van der Waals surface area contributed by atoms with Crippen LogP contribution in [-0.2, 0) is 6.42 Å². The van der Waals surface area contributed by atoms with E-state index in [1.54, 1.807) is 11.3 Å². The maximum atomic E-state index is 12.3. The molecule has 1 aromatic heterocycles. The summed E-state index contributed by atoms with van der Waals surface area (Å²) in [5.41, 5.74) is 8.09. The average Bonchev–Trinajstić information content (AvgIpc) is 3.05. The second-order valence-corrected chi connectivity index (χ2v) is 6.87. The molecular weight excluding hydrogens is 244 g/mol. The van der Waals surface area contributed by atoms with E-state index in [-0.39, 0.29) is 5.91 Å². The smallest absolute Gasteiger partial charge is 0.254 e. The number of nitrogens with one attached hydrogen (secondary N) is 1. The van der Waals surface area contributed by atoms with E-state index < -0.39 is 0 Å². The maximum Gasteiger partial charge on any atom is 0.254 e. The van der Waals surface area contributed by atoms with Crippen molar-refractivity contribution in [2.75, 3.05) is 5.73 Å². The monoisotopic (exact) mass is 264 g/mol. The average molecular weight is 264 g/mol. The lowest BCUT2D eigenvalue weighted by Gasteiger charge is -2.26. The third kappa shape index (κ3) is 1.92. The summed E-state index contributed by atoms with van der Waals surface area (Å²) in [6.07, 6.45) is 4.51. The lowest BCUT2D eigenvalue weighted by molar-refractivity contribution is 0.0950. The molecule has 18 heavy (non-hydrogen) atoms. The van der Waals surface area contributed by atoms with Crippen LogP contribution in [0.2, 0.25) is 0 Å². The molecule has 0 aliphatic heterocycles. The van der Waals surface area contributed by atoms with Gasteiger partial charge in [-0.2, -0.15) is 0 Å². The highest BCUT2D eigenvalue weighted by atomic mass is 32.1. The van der Waals surface area contributed by atoms with Gasteiger partial charge in [0.05, 0.1) is 10.6 Å². The molecule has 1 aromatic rings. The van der Waals surface area contributed by atoms with Gasteiger partial charge in [0.25, 0.3) is 5.91 Å². The summed E-state index contributed by atoms with van der Waals surface area (Å²) in [5, 5.41) is 3.78. The van der Waals surface area contributed by atoms with Crippen LogP contribution in [0.4, 0.5) is 5.00 Å². The number of amides is 1. The molecule has 1 heterocycles. The molecule has 2 unspecified atom stereocenters. The zero-order valence-electron chi connectivity index (χ0n) is 11.0. The lowest BCUT2D eigenvalue weighted by Crippen LogP contribution is -2.28. The summed E-state index contributed by atoms with van der Waals surface area (Å²) in [7, 11) is 0. The van der Waals surface area contributed by atoms with Crippen LogP contribution in [0, 0.1) is 5.92 Å². The fraction of sp³-hybridized carbons (Fsp3) is 0.643. The summed E-state index contributed by atoms with van der Waals surface area (Å²) in [6, 6.07) is 0.392. The predicted octanol–water partition coefficient (Wildman–Crippen LogP) is 2.91. The van der Waals surface area contributed by atoms with Crippen LogP contribution >= 0.6 is 11.3 Å². The predicted molar refractivity (Wildman–Crippen MR) is 75.1 cm³/mol. The summed E-state index contributed by atoms with van der Waals surface area (Å²) < 4.78 is 0. The number of nitrogen functional groups attached to an aromatic ring is 1. The van der Waals surface area contributed by atoms with Gasteiger partial charge in [-0.3, -0.25) is 4.79 Å².